The van der Waals surface area contributed by atoms with E-state index < -0.39 is 24.3 Å². The van der Waals surface area contributed by atoms with E-state index in [1.54, 1.807) is 13.8 Å². The Morgan fingerprint density at radius 1 is 1.14 bits per heavy atom. The van der Waals surface area contributed by atoms with Crippen LogP contribution < -0.4 is 0 Å². The van der Waals surface area contributed by atoms with Gasteiger partial charge in [-0.05, 0) is 13.8 Å². The summed E-state index contributed by atoms with van der Waals surface area (Å²) in [5.41, 5.74) is 0. The molecule has 0 bridgehead atoms. The van der Waals surface area contributed by atoms with Crippen molar-refractivity contribution < 1.29 is 19.1 Å². The van der Waals surface area contributed by atoms with Gasteiger partial charge in [0.2, 0.25) is 0 Å². The predicted octanol–water partition coefficient (Wildman–Crippen LogP) is -0.0130. The summed E-state index contributed by atoms with van der Waals surface area (Å²) in [7, 11) is 0. The van der Waals surface area contributed by atoms with Crippen LogP contribution in [0.15, 0.2) is 0 Å². The van der Waals surface area contributed by atoms with Gasteiger partial charge in [0.25, 0.3) is 11.7 Å². The number of Topliss-reactive ketones (excluding diaryl/α,β-unsaturated/α-hetero) is 1. The first-order valence-electron chi connectivity index (χ1n) is 4.48. The number of ether oxygens (including phenoxy) is 1. The first kappa shape index (κ1) is 12.6. The summed E-state index contributed by atoms with van der Waals surface area (Å²) in [4.78, 5) is 34.2. The molecular formula is C9H15NO4. The van der Waals surface area contributed by atoms with Crippen LogP contribution in [0.4, 0.5) is 0 Å². The van der Waals surface area contributed by atoms with E-state index >= 15 is 0 Å². The molecule has 0 saturated heterocycles. The van der Waals surface area contributed by atoms with E-state index in [0.717, 1.165) is 0 Å². The number of carbonyl (C=O) groups is 3. The first-order valence-corrected chi connectivity index (χ1v) is 4.48. The summed E-state index contributed by atoms with van der Waals surface area (Å²) in [6.45, 7) is 5.23. The lowest BCUT2D eigenvalue weighted by molar-refractivity contribution is -0.152. The lowest BCUT2D eigenvalue weighted by Gasteiger charge is -2.16. The molecule has 0 aliphatic rings. The second-order valence-electron chi connectivity index (χ2n) is 2.68. The van der Waals surface area contributed by atoms with Crippen molar-refractivity contribution in [2.45, 2.75) is 20.8 Å². The topological polar surface area (TPSA) is 63.7 Å². The van der Waals surface area contributed by atoms with E-state index in [-0.39, 0.29) is 0 Å². The van der Waals surface area contributed by atoms with Crippen LogP contribution in [0.2, 0.25) is 0 Å². The summed E-state index contributed by atoms with van der Waals surface area (Å²) in [5, 5.41) is 0. The third-order valence-corrected chi connectivity index (χ3v) is 1.70. The number of amides is 1. The van der Waals surface area contributed by atoms with Crippen LogP contribution in [0.5, 0.6) is 0 Å². The average molecular weight is 201 g/mol. The van der Waals surface area contributed by atoms with Crippen LogP contribution >= 0.6 is 0 Å². The predicted molar refractivity (Wildman–Crippen MR) is 49.6 cm³/mol. The van der Waals surface area contributed by atoms with Gasteiger partial charge in [-0.2, -0.15) is 0 Å². The molecule has 0 radical (unpaired) electrons. The minimum absolute atomic E-state index is 0.468. The van der Waals surface area contributed by atoms with E-state index in [1.807, 2.05) is 0 Å². The maximum absolute atomic E-state index is 11.3. The second kappa shape index (κ2) is 6.12. The first-order chi connectivity index (χ1) is 6.52. The van der Waals surface area contributed by atoms with Crippen molar-refractivity contribution in [2.24, 2.45) is 0 Å². The Bertz CT molecular complexity index is 233. The highest BCUT2D eigenvalue weighted by molar-refractivity contribution is 6.36. The Labute approximate surface area is 83.0 Å². The molecule has 0 spiro atoms. The molecule has 80 valence electrons. The van der Waals surface area contributed by atoms with Crippen LogP contribution in [0.3, 0.4) is 0 Å². The molecule has 5 heteroatoms. The molecule has 0 aromatic heterocycles. The maximum Gasteiger partial charge on any atom is 0.303 e. The van der Waals surface area contributed by atoms with Gasteiger partial charge in [0.15, 0.2) is 6.61 Å². The Kier molecular flexibility index (Phi) is 5.52. The fraction of sp³-hybridized carbons (Fsp3) is 0.667. The van der Waals surface area contributed by atoms with Crippen molar-refractivity contribution in [2.75, 3.05) is 19.7 Å². The number of rotatable bonds is 5. The Morgan fingerprint density at radius 2 is 1.64 bits per heavy atom. The molecule has 0 aliphatic heterocycles. The number of hydrogen-bond donors (Lipinski definition) is 0. The molecule has 0 N–H and O–H groups in total. The van der Waals surface area contributed by atoms with Crippen molar-refractivity contribution >= 4 is 17.7 Å². The Balaban J connectivity index is 4.10. The van der Waals surface area contributed by atoms with Gasteiger partial charge in [0, 0.05) is 20.0 Å². The van der Waals surface area contributed by atoms with Crippen molar-refractivity contribution in [1.82, 2.24) is 4.90 Å². The highest BCUT2D eigenvalue weighted by Gasteiger charge is 2.19. The Morgan fingerprint density at radius 3 is 2.00 bits per heavy atom. The minimum Gasteiger partial charge on any atom is -0.457 e. The summed E-state index contributed by atoms with van der Waals surface area (Å²) >= 11 is 0. The third-order valence-electron chi connectivity index (χ3n) is 1.70. The van der Waals surface area contributed by atoms with Crippen molar-refractivity contribution in [1.29, 1.82) is 0 Å². The molecule has 0 aliphatic carbocycles. The molecule has 0 fully saturated rings. The van der Waals surface area contributed by atoms with Gasteiger partial charge >= 0.3 is 5.97 Å². The number of esters is 1. The molecule has 0 aromatic rings. The highest BCUT2D eigenvalue weighted by atomic mass is 16.5. The molecule has 1 amide bonds. The normalized spacial score (nSPS) is 9.36. The smallest absolute Gasteiger partial charge is 0.303 e. The second-order valence-corrected chi connectivity index (χ2v) is 2.68. The number of nitrogens with zero attached hydrogens (tertiary/aromatic N) is 1. The Hall–Kier alpha value is -1.39. The van der Waals surface area contributed by atoms with Crippen LogP contribution in [0.1, 0.15) is 20.8 Å². The largest absolute Gasteiger partial charge is 0.457 e. The highest BCUT2D eigenvalue weighted by Crippen LogP contribution is 1.91. The summed E-state index contributed by atoms with van der Waals surface area (Å²) in [6, 6.07) is 0. The minimum atomic E-state index is -0.691. The van der Waals surface area contributed by atoms with E-state index in [0.29, 0.717) is 13.1 Å². The van der Waals surface area contributed by atoms with E-state index in [1.165, 1.54) is 11.8 Å². The fourth-order valence-electron chi connectivity index (χ4n) is 0.916. The molecule has 0 aromatic carbocycles. The molecule has 0 atom stereocenters. The third kappa shape index (κ3) is 4.02. The zero-order chi connectivity index (χ0) is 11.1. The monoisotopic (exact) mass is 201 g/mol. The molecule has 0 rings (SSSR count). The van der Waals surface area contributed by atoms with Crippen LogP contribution in [-0.2, 0) is 19.1 Å². The van der Waals surface area contributed by atoms with Gasteiger partial charge in [-0.15, -0.1) is 0 Å². The lowest BCUT2D eigenvalue weighted by atomic mass is 10.3. The summed E-state index contributed by atoms with van der Waals surface area (Å²) in [5.74, 6) is -1.86. The fourth-order valence-corrected chi connectivity index (χ4v) is 0.916. The SMILES string of the molecule is CCN(CC)C(=O)C(=O)COC(C)=O. The number of hydrogen-bond acceptors (Lipinski definition) is 4. The summed E-state index contributed by atoms with van der Waals surface area (Å²) in [6.07, 6.45) is 0. The molecule has 0 saturated carbocycles. The number of carbonyl (C=O) groups excluding carboxylic acids is 3. The molecule has 0 heterocycles. The quantitative estimate of drug-likeness (QED) is 0.463. The molecule has 14 heavy (non-hydrogen) atoms. The van der Waals surface area contributed by atoms with Gasteiger partial charge in [0.1, 0.15) is 0 Å². The number of ketones is 1. The van der Waals surface area contributed by atoms with Crippen molar-refractivity contribution in [3.8, 4) is 0 Å². The van der Waals surface area contributed by atoms with E-state index in [9.17, 15) is 14.4 Å². The van der Waals surface area contributed by atoms with Gasteiger partial charge in [0.05, 0.1) is 0 Å². The zero-order valence-corrected chi connectivity index (χ0v) is 8.70. The zero-order valence-electron chi connectivity index (χ0n) is 8.70. The van der Waals surface area contributed by atoms with Crippen LogP contribution in [0.25, 0.3) is 0 Å². The van der Waals surface area contributed by atoms with Gasteiger partial charge in [-0.3, -0.25) is 14.4 Å². The van der Waals surface area contributed by atoms with Gasteiger partial charge < -0.3 is 9.64 Å². The van der Waals surface area contributed by atoms with Crippen LogP contribution in [-0.4, -0.2) is 42.3 Å². The van der Waals surface area contributed by atoms with Crippen molar-refractivity contribution in [3.63, 3.8) is 0 Å². The lowest BCUT2D eigenvalue weighted by Crippen LogP contribution is -2.38. The van der Waals surface area contributed by atoms with Gasteiger partial charge in [-0.1, -0.05) is 0 Å². The summed E-state index contributed by atoms with van der Waals surface area (Å²) < 4.78 is 4.43. The average Bonchev–Trinajstić information content (AvgIpc) is 2.15. The van der Waals surface area contributed by atoms with Gasteiger partial charge in [-0.25, -0.2) is 0 Å². The standard InChI is InChI=1S/C9H15NO4/c1-4-10(5-2)9(13)8(12)6-14-7(3)11/h4-6H2,1-3H3. The van der Waals surface area contributed by atoms with Crippen LogP contribution in [0, 0.1) is 0 Å². The van der Waals surface area contributed by atoms with E-state index in [4.69, 9.17) is 0 Å². The molecule has 0 unspecified atom stereocenters. The molecular weight excluding hydrogens is 186 g/mol. The number of likely N-dealkylation sites (N-methyl/N-ethyl adjacent to an activating group) is 1. The maximum atomic E-state index is 11.3. The van der Waals surface area contributed by atoms with E-state index in [2.05, 4.69) is 4.74 Å². The van der Waals surface area contributed by atoms with Crippen molar-refractivity contribution in [3.05, 3.63) is 0 Å². The molecule has 5 nitrogen and oxygen atoms in total.